The molecule has 0 spiro atoms. The molecule has 0 aliphatic carbocycles. The van der Waals surface area contributed by atoms with Gasteiger partial charge in [0.15, 0.2) is 5.69 Å². The summed E-state index contributed by atoms with van der Waals surface area (Å²) in [4.78, 5) is 11.1. The molecule has 5 nitrogen and oxygen atoms in total. The van der Waals surface area contributed by atoms with Crippen LogP contribution in [0.3, 0.4) is 0 Å². The maximum atomic E-state index is 13.2. The third-order valence-corrected chi connectivity index (χ3v) is 4.04. The molecule has 0 radical (unpaired) electrons. The summed E-state index contributed by atoms with van der Waals surface area (Å²) >= 11 is 0. The molecule has 0 amide bonds. The van der Waals surface area contributed by atoms with Crippen molar-refractivity contribution in [2.24, 2.45) is 0 Å². The summed E-state index contributed by atoms with van der Waals surface area (Å²) in [5.74, 6) is -0.190. The molecule has 1 aromatic carbocycles. The zero-order valence-electron chi connectivity index (χ0n) is 14.3. The van der Waals surface area contributed by atoms with Crippen LogP contribution in [-0.4, -0.2) is 43.8 Å². The van der Waals surface area contributed by atoms with Crippen LogP contribution in [0.5, 0.6) is 0 Å². The molecule has 140 valence electrons. The second-order valence-electron chi connectivity index (χ2n) is 6.16. The van der Waals surface area contributed by atoms with Gasteiger partial charge in [-0.3, -0.25) is 0 Å². The topological polar surface area (TPSA) is 41.5 Å². The van der Waals surface area contributed by atoms with E-state index in [9.17, 15) is 17.6 Å². The van der Waals surface area contributed by atoms with Crippen molar-refractivity contribution < 1.29 is 22.3 Å². The van der Waals surface area contributed by atoms with Crippen LogP contribution in [0.15, 0.2) is 30.3 Å². The number of ether oxygens (including phenoxy) is 1. The standard InChI is InChI=1S/C17H18F4N4O/c1-24(2)15-9-14(17(19,20)21)22-16(23-15)25-7-8-26-13(10-25)11-3-5-12(18)6-4-11/h3-6,9,13H,7-8,10H2,1-2H3. The Morgan fingerprint density at radius 3 is 2.46 bits per heavy atom. The molecule has 1 fully saturated rings. The quantitative estimate of drug-likeness (QED) is 0.776. The molecule has 0 N–H and O–H groups in total. The molecule has 1 aliphatic heterocycles. The summed E-state index contributed by atoms with van der Waals surface area (Å²) in [5.41, 5.74) is -0.244. The van der Waals surface area contributed by atoms with Crippen LogP contribution in [0.2, 0.25) is 0 Å². The number of rotatable bonds is 3. The van der Waals surface area contributed by atoms with Gasteiger partial charge in [0.2, 0.25) is 5.95 Å². The minimum absolute atomic E-state index is 0.000985. The smallest absolute Gasteiger partial charge is 0.370 e. The van der Waals surface area contributed by atoms with Gasteiger partial charge in [0.1, 0.15) is 17.7 Å². The molecule has 2 heterocycles. The largest absolute Gasteiger partial charge is 0.433 e. The second-order valence-corrected chi connectivity index (χ2v) is 6.16. The minimum Gasteiger partial charge on any atom is -0.370 e. The molecule has 0 bridgehead atoms. The number of benzene rings is 1. The Morgan fingerprint density at radius 2 is 1.85 bits per heavy atom. The Morgan fingerprint density at radius 1 is 1.15 bits per heavy atom. The molecule has 1 aromatic heterocycles. The van der Waals surface area contributed by atoms with Crippen LogP contribution in [0.25, 0.3) is 0 Å². The molecule has 0 saturated carbocycles. The van der Waals surface area contributed by atoms with Crippen molar-refractivity contribution in [2.75, 3.05) is 43.6 Å². The van der Waals surface area contributed by atoms with E-state index in [0.29, 0.717) is 13.2 Å². The van der Waals surface area contributed by atoms with Crippen molar-refractivity contribution >= 4 is 11.8 Å². The Bertz CT molecular complexity index is 764. The number of halogens is 4. The molecule has 1 saturated heterocycles. The maximum Gasteiger partial charge on any atom is 0.433 e. The minimum atomic E-state index is -4.56. The zero-order chi connectivity index (χ0) is 18.9. The lowest BCUT2D eigenvalue weighted by molar-refractivity contribution is -0.141. The van der Waals surface area contributed by atoms with E-state index in [1.807, 2.05) is 0 Å². The van der Waals surface area contributed by atoms with Crippen LogP contribution < -0.4 is 9.80 Å². The summed E-state index contributed by atoms with van der Waals surface area (Å²) < 4.78 is 58.3. The highest BCUT2D eigenvalue weighted by Crippen LogP contribution is 2.32. The van der Waals surface area contributed by atoms with Crippen molar-refractivity contribution in [3.8, 4) is 0 Å². The highest BCUT2D eigenvalue weighted by molar-refractivity contribution is 5.46. The van der Waals surface area contributed by atoms with Crippen molar-refractivity contribution in [2.45, 2.75) is 12.3 Å². The van der Waals surface area contributed by atoms with Gasteiger partial charge in [-0.2, -0.15) is 18.2 Å². The van der Waals surface area contributed by atoms with Gasteiger partial charge in [-0.15, -0.1) is 0 Å². The highest BCUT2D eigenvalue weighted by atomic mass is 19.4. The Hall–Kier alpha value is -2.42. The van der Waals surface area contributed by atoms with E-state index in [1.54, 1.807) is 31.1 Å². The normalized spacial score (nSPS) is 18.1. The van der Waals surface area contributed by atoms with Crippen molar-refractivity contribution in [3.05, 3.63) is 47.4 Å². The maximum absolute atomic E-state index is 13.2. The molecule has 9 heteroatoms. The average molecular weight is 370 g/mol. The fourth-order valence-electron chi connectivity index (χ4n) is 2.65. The van der Waals surface area contributed by atoms with Crippen LogP contribution in [0, 0.1) is 5.82 Å². The summed E-state index contributed by atoms with van der Waals surface area (Å²) in [6.07, 6.45) is -4.96. The molecule has 26 heavy (non-hydrogen) atoms. The average Bonchev–Trinajstić information content (AvgIpc) is 2.61. The van der Waals surface area contributed by atoms with Gasteiger partial charge in [0, 0.05) is 26.7 Å². The predicted octanol–water partition coefficient (Wildman–Crippen LogP) is 3.28. The van der Waals surface area contributed by atoms with E-state index < -0.39 is 18.0 Å². The highest BCUT2D eigenvalue weighted by Gasteiger charge is 2.35. The fraction of sp³-hybridized carbons (Fsp3) is 0.412. The van der Waals surface area contributed by atoms with Gasteiger partial charge in [-0.1, -0.05) is 12.1 Å². The van der Waals surface area contributed by atoms with Gasteiger partial charge >= 0.3 is 6.18 Å². The summed E-state index contributed by atoms with van der Waals surface area (Å²) in [5, 5.41) is 0. The third-order valence-electron chi connectivity index (χ3n) is 4.04. The van der Waals surface area contributed by atoms with Crippen molar-refractivity contribution in [1.29, 1.82) is 0 Å². The third kappa shape index (κ3) is 4.04. The molecular weight excluding hydrogens is 352 g/mol. The van der Waals surface area contributed by atoms with Gasteiger partial charge in [0.25, 0.3) is 0 Å². The van der Waals surface area contributed by atoms with Crippen molar-refractivity contribution in [1.82, 2.24) is 9.97 Å². The Labute approximate surface area is 148 Å². The molecule has 3 rings (SSSR count). The molecule has 2 aromatic rings. The predicted molar refractivity (Wildman–Crippen MR) is 88.7 cm³/mol. The number of anilines is 2. The lowest BCUT2D eigenvalue weighted by Crippen LogP contribution is -2.39. The van der Waals surface area contributed by atoms with E-state index in [4.69, 9.17) is 4.74 Å². The van der Waals surface area contributed by atoms with E-state index in [1.165, 1.54) is 17.0 Å². The van der Waals surface area contributed by atoms with Gasteiger partial charge in [-0.05, 0) is 17.7 Å². The Balaban J connectivity index is 1.90. The SMILES string of the molecule is CN(C)c1cc(C(F)(F)F)nc(N2CCOC(c3ccc(F)cc3)C2)n1. The summed E-state index contributed by atoms with van der Waals surface area (Å²) in [7, 11) is 3.24. The Kier molecular flexibility index (Phi) is 4.99. The molecular formula is C17H18F4N4O. The number of alkyl halides is 3. The number of nitrogens with zero attached hydrogens (tertiary/aromatic N) is 4. The summed E-state index contributed by atoms with van der Waals surface area (Å²) in [6, 6.07) is 6.76. The van der Waals surface area contributed by atoms with Crippen LogP contribution in [0.4, 0.5) is 29.3 Å². The van der Waals surface area contributed by atoms with E-state index >= 15 is 0 Å². The number of hydrogen-bond donors (Lipinski definition) is 0. The second kappa shape index (κ2) is 7.06. The van der Waals surface area contributed by atoms with Gasteiger partial charge < -0.3 is 14.5 Å². The van der Waals surface area contributed by atoms with E-state index in [2.05, 4.69) is 9.97 Å². The first kappa shape index (κ1) is 18.4. The van der Waals surface area contributed by atoms with E-state index in [-0.39, 0.29) is 24.1 Å². The zero-order valence-corrected chi connectivity index (χ0v) is 14.3. The lowest BCUT2D eigenvalue weighted by Gasteiger charge is -2.33. The lowest BCUT2D eigenvalue weighted by atomic mass is 10.1. The number of hydrogen-bond acceptors (Lipinski definition) is 5. The van der Waals surface area contributed by atoms with Crippen LogP contribution in [0.1, 0.15) is 17.4 Å². The summed E-state index contributed by atoms with van der Waals surface area (Å²) in [6.45, 7) is 0.949. The first-order valence-electron chi connectivity index (χ1n) is 7.99. The number of morpholine rings is 1. The van der Waals surface area contributed by atoms with Gasteiger partial charge in [0.05, 0.1) is 13.2 Å². The molecule has 1 aliphatic rings. The van der Waals surface area contributed by atoms with Crippen LogP contribution in [-0.2, 0) is 10.9 Å². The molecule has 1 atom stereocenters. The number of aromatic nitrogens is 2. The van der Waals surface area contributed by atoms with Crippen molar-refractivity contribution in [3.63, 3.8) is 0 Å². The first-order valence-corrected chi connectivity index (χ1v) is 7.99. The monoisotopic (exact) mass is 370 g/mol. The van der Waals surface area contributed by atoms with E-state index in [0.717, 1.165) is 11.6 Å². The van der Waals surface area contributed by atoms with Crippen LogP contribution >= 0.6 is 0 Å². The molecule has 1 unspecified atom stereocenters. The van der Waals surface area contributed by atoms with Gasteiger partial charge in [-0.25, -0.2) is 9.37 Å². The fourth-order valence-corrected chi connectivity index (χ4v) is 2.65. The first-order chi connectivity index (χ1) is 12.2.